The first-order valence-corrected chi connectivity index (χ1v) is 11.1. The summed E-state index contributed by atoms with van der Waals surface area (Å²) in [4.78, 5) is 16.4. The molecule has 162 valence electrons. The second-order valence-electron chi connectivity index (χ2n) is 7.87. The second kappa shape index (κ2) is 10.1. The fourth-order valence-electron chi connectivity index (χ4n) is 3.81. The maximum absolute atomic E-state index is 11.6. The first-order chi connectivity index (χ1) is 15.7. The Morgan fingerprint density at radius 1 is 0.875 bits per heavy atom. The van der Waals surface area contributed by atoms with E-state index >= 15 is 0 Å². The van der Waals surface area contributed by atoms with Crippen LogP contribution in [0, 0.1) is 0 Å². The third-order valence-electron chi connectivity index (χ3n) is 5.54. The van der Waals surface area contributed by atoms with E-state index < -0.39 is 5.97 Å². The van der Waals surface area contributed by atoms with Crippen LogP contribution in [0.2, 0.25) is 0 Å². The predicted molar refractivity (Wildman–Crippen MR) is 127 cm³/mol. The van der Waals surface area contributed by atoms with Crippen LogP contribution in [0.4, 0.5) is 0 Å². The quantitative estimate of drug-likeness (QED) is 0.329. The van der Waals surface area contributed by atoms with Gasteiger partial charge in [-0.3, -0.25) is 0 Å². The summed E-state index contributed by atoms with van der Waals surface area (Å²) in [6.07, 6.45) is 4.07. The molecule has 0 fully saturated rings. The molecule has 32 heavy (non-hydrogen) atoms. The summed E-state index contributed by atoms with van der Waals surface area (Å²) >= 11 is 0. The summed E-state index contributed by atoms with van der Waals surface area (Å²) in [5, 5.41) is 14.3. The molecule has 0 aliphatic rings. The number of rotatable bonds is 9. The fourth-order valence-corrected chi connectivity index (χ4v) is 3.81. The molecule has 1 N–H and O–H groups in total. The third-order valence-corrected chi connectivity index (χ3v) is 5.54. The molecule has 3 aromatic carbocycles. The number of aromatic carboxylic acids is 1. The number of unbranched alkanes of at least 4 members (excludes halogenated alkanes) is 2. The lowest BCUT2D eigenvalue weighted by Crippen LogP contribution is -2.06. The van der Waals surface area contributed by atoms with Gasteiger partial charge < -0.3 is 5.11 Å². The maximum atomic E-state index is 11.6. The van der Waals surface area contributed by atoms with E-state index in [1.165, 1.54) is 0 Å². The molecule has 0 aliphatic heterocycles. The summed E-state index contributed by atoms with van der Waals surface area (Å²) < 4.78 is 2.03. The van der Waals surface area contributed by atoms with Crippen molar-refractivity contribution >= 4 is 5.97 Å². The third kappa shape index (κ3) is 4.94. The summed E-state index contributed by atoms with van der Waals surface area (Å²) in [5.74, 6) is 0.779. The Morgan fingerprint density at radius 2 is 1.59 bits per heavy atom. The number of aryl methyl sites for hydroxylation is 1. The van der Waals surface area contributed by atoms with E-state index in [1.807, 2.05) is 71.4 Å². The largest absolute Gasteiger partial charge is 0.478 e. The van der Waals surface area contributed by atoms with Crippen LogP contribution in [-0.4, -0.2) is 25.8 Å². The summed E-state index contributed by atoms with van der Waals surface area (Å²) in [6.45, 7) is 3.05. The molecule has 4 aromatic rings. The van der Waals surface area contributed by atoms with Crippen molar-refractivity contribution in [3.05, 3.63) is 95.8 Å². The average Bonchev–Trinajstić information content (AvgIpc) is 3.23. The van der Waals surface area contributed by atoms with Crippen molar-refractivity contribution in [2.24, 2.45) is 0 Å². The first kappa shape index (κ1) is 21.5. The van der Waals surface area contributed by atoms with E-state index in [2.05, 4.69) is 6.92 Å². The minimum Gasteiger partial charge on any atom is -0.478 e. The van der Waals surface area contributed by atoms with Gasteiger partial charge in [0.25, 0.3) is 0 Å². The van der Waals surface area contributed by atoms with Crippen molar-refractivity contribution in [1.82, 2.24) is 14.8 Å². The highest BCUT2D eigenvalue weighted by atomic mass is 16.4. The van der Waals surface area contributed by atoms with E-state index in [0.29, 0.717) is 12.0 Å². The average molecular weight is 426 g/mol. The number of benzene rings is 3. The summed E-state index contributed by atoms with van der Waals surface area (Å²) in [5.41, 5.74) is 4.05. The van der Waals surface area contributed by atoms with Crippen molar-refractivity contribution in [3.8, 4) is 22.5 Å². The van der Waals surface area contributed by atoms with Gasteiger partial charge in [0.2, 0.25) is 0 Å². The number of carbonyl (C=O) groups is 1. The second-order valence-corrected chi connectivity index (χ2v) is 7.87. The molecular formula is C27H27N3O2. The van der Waals surface area contributed by atoms with Crippen molar-refractivity contribution in [1.29, 1.82) is 0 Å². The molecule has 0 bridgehead atoms. The van der Waals surface area contributed by atoms with Gasteiger partial charge in [-0.2, -0.15) is 5.10 Å². The Balaban J connectivity index is 1.59. The number of carboxylic acid groups (broad SMARTS) is 1. The maximum Gasteiger partial charge on any atom is 0.336 e. The molecule has 1 heterocycles. The van der Waals surface area contributed by atoms with Crippen LogP contribution in [0.5, 0.6) is 0 Å². The minimum atomic E-state index is -0.918. The van der Waals surface area contributed by atoms with Crippen molar-refractivity contribution in [3.63, 3.8) is 0 Å². The molecule has 0 atom stereocenters. The molecule has 4 rings (SSSR count). The molecule has 0 aliphatic carbocycles. The lowest BCUT2D eigenvalue weighted by Gasteiger charge is -2.08. The number of carboxylic acids is 1. The topological polar surface area (TPSA) is 68.0 Å². The molecule has 0 radical (unpaired) electrons. The zero-order valence-electron chi connectivity index (χ0n) is 18.2. The molecule has 0 saturated heterocycles. The standard InChI is InChI=1S/C27H27N3O2/c1-2-3-9-18-30-25(28-26(29-30)22-10-5-4-6-11-22)19-20-14-16-21(17-15-20)23-12-7-8-13-24(23)27(31)32/h4-8,10-17H,2-3,9,18-19H2,1H3,(H,31,32). The lowest BCUT2D eigenvalue weighted by molar-refractivity contribution is 0.0697. The number of hydrogen-bond acceptors (Lipinski definition) is 3. The van der Waals surface area contributed by atoms with Gasteiger partial charge in [0.15, 0.2) is 5.82 Å². The number of aromatic nitrogens is 3. The molecule has 1 aromatic heterocycles. The van der Waals surface area contributed by atoms with Crippen LogP contribution in [0.1, 0.15) is 47.9 Å². The van der Waals surface area contributed by atoms with Crippen LogP contribution < -0.4 is 0 Å². The van der Waals surface area contributed by atoms with Crippen LogP contribution in [0.3, 0.4) is 0 Å². The van der Waals surface area contributed by atoms with Crippen LogP contribution in [-0.2, 0) is 13.0 Å². The SMILES string of the molecule is CCCCCn1nc(-c2ccccc2)nc1Cc1ccc(-c2ccccc2C(=O)O)cc1. The van der Waals surface area contributed by atoms with Gasteiger partial charge >= 0.3 is 5.97 Å². The van der Waals surface area contributed by atoms with E-state index in [0.717, 1.165) is 59.7 Å². The number of hydrogen-bond donors (Lipinski definition) is 1. The van der Waals surface area contributed by atoms with Gasteiger partial charge in [-0.05, 0) is 29.2 Å². The van der Waals surface area contributed by atoms with Crippen LogP contribution >= 0.6 is 0 Å². The zero-order valence-corrected chi connectivity index (χ0v) is 18.2. The van der Waals surface area contributed by atoms with Gasteiger partial charge in [-0.15, -0.1) is 0 Å². The van der Waals surface area contributed by atoms with Gasteiger partial charge in [0.05, 0.1) is 5.56 Å². The zero-order chi connectivity index (χ0) is 22.3. The Labute approximate surface area is 188 Å². The van der Waals surface area contributed by atoms with Crippen LogP contribution in [0.15, 0.2) is 78.9 Å². The molecule has 5 heteroatoms. The van der Waals surface area contributed by atoms with E-state index in [-0.39, 0.29) is 0 Å². The molecule has 0 spiro atoms. The Kier molecular flexibility index (Phi) is 6.75. The van der Waals surface area contributed by atoms with Crippen molar-refractivity contribution < 1.29 is 9.90 Å². The molecule has 0 saturated carbocycles. The highest BCUT2D eigenvalue weighted by Gasteiger charge is 2.14. The van der Waals surface area contributed by atoms with E-state index in [4.69, 9.17) is 10.1 Å². The molecule has 5 nitrogen and oxygen atoms in total. The molecular weight excluding hydrogens is 398 g/mol. The molecule has 0 unspecified atom stereocenters. The van der Waals surface area contributed by atoms with E-state index in [9.17, 15) is 9.90 Å². The Hall–Kier alpha value is -3.73. The van der Waals surface area contributed by atoms with Gasteiger partial charge in [-0.1, -0.05) is 92.6 Å². The van der Waals surface area contributed by atoms with Crippen molar-refractivity contribution in [2.75, 3.05) is 0 Å². The van der Waals surface area contributed by atoms with Crippen molar-refractivity contribution in [2.45, 2.75) is 39.2 Å². The smallest absolute Gasteiger partial charge is 0.336 e. The first-order valence-electron chi connectivity index (χ1n) is 11.1. The Bertz CT molecular complexity index is 1180. The predicted octanol–water partition coefficient (Wildman–Crippen LogP) is 6.09. The van der Waals surface area contributed by atoms with Gasteiger partial charge in [-0.25, -0.2) is 14.5 Å². The van der Waals surface area contributed by atoms with Gasteiger partial charge in [0.1, 0.15) is 5.82 Å². The van der Waals surface area contributed by atoms with Gasteiger partial charge in [0, 0.05) is 18.5 Å². The summed E-state index contributed by atoms with van der Waals surface area (Å²) in [6, 6.07) is 25.2. The highest BCUT2D eigenvalue weighted by Crippen LogP contribution is 2.25. The fraction of sp³-hybridized carbons (Fsp3) is 0.222. The molecule has 0 amide bonds. The Morgan fingerprint density at radius 3 is 2.31 bits per heavy atom. The monoisotopic (exact) mass is 425 g/mol. The minimum absolute atomic E-state index is 0.309. The van der Waals surface area contributed by atoms with E-state index in [1.54, 1.807) is 12.1 Å². The summed E-state index contributed by atoms with van der Waals surface area (Å²) in [7, 11) is 0. The lowest BCUT2D eigenvalue weighted by atomic mass is 9.98. The van der Waals surface area contributed by atoms with Crippen LogP contribution in [0.25, 0.3) is 22.5 Å². The number of nitrogens with zero attached hydrogens (tertiary/aromatic N) is 3. The normalized spacial score (nSPS) is 10.9. The highest BCUT2D eigenvalue weighted by molar-refractivity contribution is 5.95.